The van der Waals surface area contributed by atoms with E-state index in [0.717, 1.165) is 11.1 Å². The summed E-state index contributed by atoms with van der Waals surface area (Å²) in [6.07, 6.45) is 3.27. The Morgan fingerprint density at radius 1 is 1.30 bits per heavy atom. The number of hydrogen-bond acceptors (Lipinski definition) is 2. The Labute approximate surface area is 114 Å². The van der Waals surface area contributed by atoms with Crippen molar-refractivity contribution in [1.29, 1.82) is 0 Å². The van der Waals surface area contributed by atoms with Crippen molar-refractivity contribution in [2.75, 3.05) is 0 Å². The molecule has 0 saturated carbocycles. The van der Waals surface area contributed by atoms with Crippen molar-refractivity contribution in [1.82, 2.24) is 9.55 Å². The second-order valence-corrected chi connectivity index (χ2v) is 4.54. The predicted molar refractivity (Wildman–Crippen MR) is 73.8 cm³/mol. The second kappa shape index (κ2) is 4.77. The van der Waals surface area contributed by atoms with Crippen LogP contribution in [0.5, 0.6) is 0 Å². The molecule has 0 fully saturated rings. The van der Waals surface area contributed by atoms with Gasteiger partial charge in [-0.2, -0.15) is 0 Å². The van der Waals surface area contributed by atoms with E-state index in [4.69, 9.17) is 5.73 Å². The van der Waals surface area contributed by atoms with E-state index in [9.17, 15) is 9.18 Å². The van der Waals surface area contributed by atoms with Crippen LogP contribution >= 0.6 is 0 Å². The second-order valence-electron chi connectivity index (χ2n) is 4.54. The van der Waals surface area contributed by atoms with Crippen molar-refractivity contribution < 1.29 is 9.18 Å². The lowest BCUT2D eigenvalue weighted by molar-refractivity contribution is 0.100. The van der Waals surface area contributed by atoms with Gasteiger partial charge in [0.25, 0.3) is 5.91 Å². The van der Waals surface area contributed by atoms with Crippen molar-refractivity contribution in [3.8, 4) is 0 Å². The number of rotatable bonds is 3. The van der Waals surface area contributed by atoms with E-state index < -0.39 is 5.91 Å². The van der Waals surface area contributed by atoms with Gasteiger partial charge in [0.05, 0.1) is 11.1 Å². The van der Waals surface area contributed by atoms with E-state index in [0.29, 0.717) is 17.6 Å². The number of halogens is 1. The number of nitrogens with zero attached hydrogens (tertiary/aromatic N) is 2. The molecule has 1 aromatic carbocycles. The number of carbonyl (C=O) groups excluding carboxylic acids is 1. The van der Waals surface area contributed by atoms with Gasteiger partial charge in [-0.25, -0.2) is 4.39 Å². The number of carbonyl (C=O) groups is 1. The number of primary amides is 1. The van der Waals surface area contributed by atoms with Crippen LogP contribution in [0.2, 0.25) is 0 Å². The van der Waals surface area contributed by atoms with E-state index in [1.165, 1.54) is 12.1 Å². The predicted octanol–water partition coefficient (Wildman–Crippen LogP) is 2.32. The number of fused-ring (bicyclic) bond motifs is 1. The summed E-state index contributed by atoms with van der Waals surface area (Å²) in [6.45, 7) is 0.452. The Balaban J connectivity index is 2.10. The van der Waals surface area contributed by atoms with E-state index in [-0.39, 0.29) is 5.82 Å². The van der Waals surface area contributed by atoms with Gasteiger partial charge in [-0.05, 0) is 29.8 Å². The Morgan fingerprint density at radius 3 is 2.90 bits per heavy atom. The number of hydrogen-bond donors (Lipinski definition) is 1. The summed E-state index contributed by atoms with van der Waals surface area (Å²) in [4.78, 5) is 15.6. The topological polar surface area (TPSA) is 60.9 Å². The van der Waals surface area contributed by atoms with Crippen LogP contribution < -0.4 is 5.73 Å². The number of pyridine rings is 1. The van der Waals surface area contributed by atoms with Crippen molar-refractivity contribution in [2.24, 2.45) is 5.73 Å². The Morgan fingerprint density at radius 2 is 2.15 bits per heavy atom. The van der Waals surface area contributed by atoms with Gasteiger partial charge in [0, 0.05) is 18.9 Å². The van der Waals surface area contributed by atoms with Crippen LogP contribution in [0.4, 0.5) is 4.39 Å². The largest absolute Gasteiger partial charge is 0.365 e. The van der Waals surface area contributed by atoms with Crippen LogP contribution in [-0.2, 0) is 6.54 Å². The van der Waals surface area contributed by atoms with Gasteiger partial charge in [-0.3, -0.25) is 9.78 Å². The molecule has 1 amide bonds. The summed E-state index contributed by atoms with van der Waals surface area (Å²) in [5.74, 6) is -0.807. The summed E-state index contributed by atoms with van der Waals surface area (Å²) in [6, 6.07) is 9.99. The minimum atomic E-state index is -0.522. The molecule has 2 N–H and O–H groups in total. The van der Waals surface area contributed by atoms with Crippen LogP contribution in [-0.4, -0.2) is 15.5 Å². The molecule has 0 saturated heterocycles. The van der Waals surface area contributed by atoms with Crippen molar-refractivity contribution in [3.63, 3.8) is 0 Å². The maximum Gasteiger partial charge on any atom is 0.252 e. The average Bonchev–Trinajstić information content (AvgIpc) is 2.78. The van der Waals surface area contributed by atoms with Gasteiger partial charge in [0.1, 0.15) is 11.3 Å². The molecular formula is C15H12FN3O. The molecule has 0 atom stereocenters. The molecule has 5 heteroatoms. The zero-order chi connectivity index (χ0) is 14.1. The summed E-state index contributed by atoms with van der Waals surface area (Å²) < 4.78 is 15.1. The van der Waals surface area contributed by atoms with E-state index >= 15 is 0 Å². The Kier molecular flexibility index (Phi) is 2.95. The summed E-state index contributed by atoms with van der Waals surface area (Å²) in [5.41, 5.74) is 7.90. The molecule has 0 aliphatic heterocycles. The van der Waals surface area contributed by atoms with Gasteiger partial charge in [-0.15, -0.1) is 0 Å². The fourth-order valence-electron chi connectivity index (χ4n) is 2.27. The summed E-state index contributed by atoms with van der Waals surface area (Å²) >= 11 is 0. The zero-order valence-electron chi connectivity index (χ0n) is 10.6. The minimum Gasteiger partial charge on any atom is -0.365 e. The van der Waals surface area contributed by atoms with Gasteiger partial charge < -0.3 is 10.3 Å². The first-order valence-corrected chi connectivity index (χ1v) is 6.13. The van der Waals surface area contributed by atoms with Crippen LogP contribution in [0.1, 0.15) is 15.9 Å². The number of nitrogens with two attached hydrogens (primary N) is 1. The van der Waals surface area contributed by atoms with Crippen LogP contribution in [0, 0.1) is 5.82 Å². The maximum atomic E-state index is 13.2. The quantitative estimate of drug-likeness (QED) is 0.793. The van der Waals surface area contributed by atoms with Crippen LogP contribution in [0.25, 0.3) is 11.0 Å². The standard InChI is InChI=1S/C15H12FN3O/c16-11-4-1-3-10(7-11)8-19-9-12(15(17)20)14-13(19)5-2-6-18-14/h1-7,9H,8H2,(H2,17,20). The zero-order valence-corrected chi connectivity index (χ0v) is 10.6. The Bertz CT molecular complexity index is 795. The molecule has 100 valence electrons. The summed E-state index contributed by atoms with van der Waals surface area (Å²) in [5, 5.41) is 0. The molecule has 0 aliphatic rings. The third-order valence-electron chi connectivity index (χ3n) is 3.14. The molecule has 0 radical (unpaired) electrons. The fraction of sp³-hybridized carbons (Fsp3) is 0.0667. The fourth-order valence-corrected chi connectivity index (χ4v) is 2.27. The van der Waals surface area contributed by atoms with Crippen LogP contribution in [0.3, 0.4) is 0 Å². The molecule has 3 rings (SSSR count). The first-order chi connectivity index (χ1) is 9.65. The highest BCUT2D eigenvalue weighted by molar-refractivity contribution is 6.04. The highest BCUT2D eigenvalue weighted by Crippen LogP contribution is 2.20. The molecule has 0 spiro atoms. The normalized spacial score (nSPS) is 10.8. The molecule has 3 aromatic rings. The third-order valence-corrected chi connectivity index (χ3v) is 3.14. The highest BCUT2D eigenvalue weighted by atomic mass is 19.1. The number of benzene rings is 1. The first-order valence-electron chi connectivity index (χ1n) is 6.13. The molecule has 0 aliphatic carbocycles. The molecule has 0 bridgehead atoms. The van der Waals surface area contributed by atoms with Gasteiger partial charge in [0.2, 0.25) is 0 Å². The lowest BCUT2D eigenvalue weighted by Crippen LogP contribution is -2.10. The van der Waals surface area contributed by atoms with E-state index in [2.05, 4.69) is 4.98 Å². The van der Waals surface area contributed by atoms with Crippen molar-refractivity contribution in [2.45, 2.75) is 6.54 Å². The summed E-state index contributed by atoms with van der Waals surface area (Å²) in [7, 11) is 0. The van der Waals surface area contributed by atoms with Crippen molar-refractivity contribution in [3.05, 3.63) is 65.7 Å². The van der Waals surface area contributed by atoms with E-state index in [1.807, 2.05) is 16.7 Å². The highest BCUT2D eigenvalue weighted by Gasteiger charge is 2.13. The Hall–Kier alpha value is -2.69. The van der Waals surface area contributed by atoms with Gasteiger partial charge in [-0.1, -0.05) is 12.1 Å². The van der Waals surface area contributed by atoms with Gasteiger partial charge >= 0.3 is 0 Å². The smallest absolute Gasteiger partial charge is 0.252 e. The van der Waals surface area contributed by atoms with Crippen LogP contribution in [0.15, 0.2) is 48.8 Å². The van der Waals surface area contributed by atoms with Crippen molar-refractivity contribution >= 4 is 16.9 Å². The average molecular weight is 269 g/mol. The molecule has 2 aromatic heterocycles. The monoisotopic (exact) mass is 269 g/mol. The lowest BCUT2D eigenvalue weighted by atomic mass is 10.2. The molecule has 2 heterocycles. The molecule has 0 unspecified atom stereocenters. The van der Waals surface area contributed by atoms with Gasteiger partial charge in [0.15, 0.2) is 0 Å². The SMILES string of the molecule is NC(=O)c1cn(Cc2cccc(F)c2)c2cccnc12. The molecule has 20 heavy (non-hydrogen) atoms. The number of aromatic nitrogens is 2. The molecule has 4 nitrogen and oxygen atoms in total. The van der Waals surface area contributed by atoms with E-state index in [1.54, 1.807) is 24.5 Å². The lowest BCUT2D eigenvalue weighted by Gasteiger charge is -2.05. The molecular weight excluding hydrogens is 257 g/mol. The third kappa shape index (κ3) is 2.14. The number of amides is 1. The minimum absolute atomic E-state index is 0.285. The maximum absolute atomic E-state index is 13.2. The first kappa shape index (κ1) is 12.3.